The molecule has 1 saturated heterocycles. The van der Waals surface area contributed by atoms with E-state index in [1.165, 1.54) is 5.56 Å². The lowest BCUT2D eigenvalue weighted by Crippen LogP contribution is -2.48. The van der Waals surface area contributed by atoms with Crippen LogP contribution >= 0.6 is 11.3 Å². The number of aryl methyl sites for hydroxylation is 1. The highest BCUT2D eigenvalue weighted by Crippen LogP contribution is 2.29. The van der Waals surface area contributed by atoms with Crippen molar-refractivity contribution in [3.05, 3.63) is 40.9 Å². The molecule has 5 nitrogen and oxygen atoms in total. The van der Waals surface area contributed by atoms with E-state index >= 15 is 0 Å². The number of carbonyl (C=O) groups excluding carboxylic acids is 1. The molecule has 1 aromatic heterocycles. The second kappa shape index (κ2) is 7.98. The van der Waals surface area contributed by atoms with Crippen molar-refractivity contribution in [1.29, 1.82) is 0 Å². The van der Waals surface area contributed by atoms with Crippen LogP contribution in [-0.2, 0) is 10.3 Å². The summed E-state index contributed by atoms with van der Waals surface area (Å²) in [6.45, 7) is 9.96. The van der Waals surface area contributed by atoms with Gasteiger partial charge < -0.3 is 15.0 Å². The highest BCUT2D eigenvalue weighted by molar-refractivity contribution is 7.13. The topological polar surface area (TPSA) is 54.5 Å². The molecule has 3 rings (SSSR count). The number of rotatable bonds is 4. The third-order valence-corrected chi connectivity index (χ3v) is 6.10. The van der Waals surface area contributed by atoms with Gasteiger partial charge in [0.1, 0.15) is 11.1 Å². The zero-order valence-electron chi connectivity index (χ0n) is 16.8. The van der Waals surface area contributed by atoms with Gasteiger partial charge in [0.15, 0.2) is 0 Å². The van der Waals surface area contributed by atoms with Crippen LogP contribution in [0.15, 0.2) is 29.6 Å². The summed E-state index contributed by atoms with van der Waals surface area (Å²) in [5.74, 6) is 0.377. The Labute approximate surface area is 165 Å². The largest absolute Gasteiger partial charge is 0.445 e. The highest BCUT2D eigenvalue weighted by Gasteiger charge is 2.31. The van der Waals surface area contributed by atoms with Crippen molar-refractivity contribution in [3.63, 3.8) is 0 Å². The summed E-state index contributed by atoms with van der Waals surface area (Å²) in [7, 11) is 2.06. The van der Waals surface area contributed by atoms with Crippen molar-refractivity contribution < 1.29 is 9.53 Å². The molecule has 1 fully saturated rings. The standard InChI is InChI=1S/C21H29N3O2S/c1-14-6-8-16(9-7-14)19-22-18(13-27-19)21(3,4)23-20(25)26-17-12-24(5)11-10-15(17)2/h6-9,13,15,17H,10-12H2,1-5H3,(H,23,25). The fourth-order valence-corrected chi connectivity index (χ4v) is 4.21. The molecule has 0 bridgehead atoms. The Hall–Kier alpha value is -1.92. The first-order valence-corrected chi connectivity index (χ1v) is 10.3. The maximum absolute atomic E-state index is 12.5. The van der Waals surface area contributed by atoms with Crippen LogP contribution in [0.2, 0.25) is 0 Å². The molecular weight excluding hydrogens is 358 g/mol. The minimum atomic E-state index is -0.597. The Morgan fingerprint density at radius 2 is 2.04 bits per heavy atom. The van der Waals surface area contributed by atoms with E-state index in [4.69, 9.17) is 9.72 Å². The number of likely N-dealkylation sites (tertiary alicyclic amines) is 1. The number of alkyl carbamates (subject to hydrolysis) is 1. The predicted molar refractivity (Wildman–Crippen MR) is 110 cm³/mol. The number of nitrogens with zero attached hydrogens (tertiary/aromatic N) is 2. The number of carbonyl (C=O) groups is 1. The summed E-state index contributed by atoms with van der Waals surface area (Å²) in [6, 6.07) is 8.32. The van der Waals surface area contributed by atoms with Crippen LogP contribution < -0.4 is 5.32 Å². The molecule has 0 aliphatic carbocycles. The lowest BCUT2D eigenvalue weighted by Gasteiger charge is -2.35. The van der Waals surface area contributed by atoms with Crippen molar-refractivity contribution in [1.82, 2.24) is 15.2 Å². The molecule has 0 spiro atoms. The molecular formula is C21H29N3O2S. The van der Waals surface area contributed by atoms with E-state index in [9.17, 15) is 4.79 Å². The summed E-state index contributed by atoms with van der Waals surface area (Å²) in [5, 5.41) is 5.95. The number of likely N-dealkylation sites (N-methyl/N-ethyl adjacent to an activating group) is 1. The maximum Gasteiger partial charge on any atom is 0.408 e. The SMILES string of the molecule is Cc1ccc(-c2nc(C(C)(C)NC(=O)OC3CN(C)CCC3C)cs2)cc1. The van der Waals surface area contributed by atoms with Crippen LogP contribution in [0.25, 0.3) is 10.6 Å². The lowest BCUT2D eigenvalue weighted by molar-refractivity contribution is 0.0143. The van der Waals surface area contributed by atoms with Crippen molar-refractivity contribution in [3.8, 4) is 10.6 Å². The first-order chi connectivity index (χ1) is 12.7. The first kappa shape index (κ1) is 19.8. The van der Waals surface area contributed by atoms with Crippen LogP contribution in [0.4, 0.5) is 4.79 Å². The minimum Gasteiger partial charge on any atom is -0.445 e. The van der Waals surface area contributed by atoms with Crippen molar-refractivity contribution in [2.45, 2.75) is 45.8 Å². The molecule has 2 aromatic rings. The number of aromatic nitrogens is 1. The van der Waals surface area contributed by atoms with Gasteiger partial charge in [-0.2, -0.15) is 0 Å². The van der Waals surface area contributed by atoms with E-state index < -0.39 is 5.54 Å². The number of hydrogen-bond acceptors (Lipinski definition) is 5. The molecule has 2 atom stereocenters. The number of piperidine rings is 1. The third-order valence-electron chi connectivity index (χ3n) is 5.21. The number of nitrogens with one attached hydrogen (secondary N) is 1. The summed E-state index contributed by atoms with van der Waals surface area (Å²) in [6.07, 6.45) is 0.597. The number of ether oxygens (including phenoxy) is 1. The van der Waals surface area contributed by atoms with E-state index in [0.29, 0.717) is 5.92 Å². The Bertz CT molecular complexity index is 785. The van der Waals surface area contributed by atoms with Gasteiger partial charge in [0, 0.05) is 17.5 Å². The summed E-state index contributed by atoms with van der Waals surface area (Å²) in [5.41, 5.74) is 2.56. The van der Waals surface area contributed by atoms with Gasteiger partial charge in [-0.15, -0.1) is 11.3 Å². The smallest absolute Gasteiger partial charge is 0.408 e. The van der Waals surface area contributed by atoms with Gasteiger partial charge in [0.2, 0.25) is 0 Å². The Morgan fingerprint density at radius 1 is 1.33 bits per heavy atom. The zero-order valence-corrected chi connectivity index (χ0v) is 17.6. The second-order valence-electron chi connectivity index (χ2n) is 8.13. The van der Waals surface area contributed by atoms with E-state index in [0.717, 1.165) is 35.8 Å². The van der Waals surface area contributed by atoms with E-state index in [2.05, 4.69) is 55.4 Å². The number of hydrogen-bond donors (Lipinski definition) is 1. The van der Waals surface area contributed by atoms with E-state index in [1.54, 1.807) is 11.3 Å². The van der Waals surface area contributed by atoms with Crippen LogP contribution in [0, 0.1) is 12.8 Å². The molecule has 2 heterocycles. The van der Waals surface area contributed by atoms with Crippen LogP contribution in [0.3, 0.4) is 0 Å². The second-order valence-corrected chi connectivity index (χ2v) is 8.98. The van der Waals surface area contributed by atoms with Gasteiger partial charge >= 0.3 is 6.09 Å². The Kier molecular flexibility index (Phi) is 5.86. The van der Waals surface area contributed by atoms with Gasteiger partial charge in [-0.1, -0.05) is 36.8 Å². The fraction of sp³-hybridized carbons (Fsp3) is 0.524. The van der Waals surface area contributed by atoms with Gasteiger partial charge in [-0.25, -0.2) is 9.78 Å². The summed E-state index contributed by atoms with van der Waals surface area (Å²) in [4.78, 5) is 19.4. The molecule has 1 aliphatic rings. The number of amides is 1. The molecule has 1 N–H and O–H groups in total. The summed E-state index contributed by atoms with van der Waals surface area (Å²) >= 11 is 1.59. The lowest BCUT2D eigenvalue weighted by atomic mass is 9.96. The number of benzene rings is 1. The van der Waals surface area contributed by atoms with Crippen molar-refractivity contribution in [2.24, 2.45) is 5.92 Å². The van der Waals surface area contributed by atoms with Crippen molar-refractivity contribution >= 4 is 17.4 Å². The molecule has 1 aromatic carbocycles. The maximum atomic E-state index is 12.5. The molecule has 27 heavy (non-hydrogen) atoms. The van der Waals surface area contributed by atoms with E-state index in [1.807, 2.05) is 19.2 Å². The minimum absolute atomic E-state index is 0.0712. The average Bonchev–Trinajstić information content (AvgIpc) is 3.09. The van der Waals surface area contributed by atoms with Gasteiger partial charge in [0.05, 0.1) is 11.2 Å². The Morgan fingerprint density at radius 3 is 2.74 bits per heavy atom. The number of thiazole rings is 1. The molecule has 1 aliphatic heterocycles. The van der Waals surface area contributed by atoms with Crippen LogP contribution in [-0.4, -0.2) is 42.2 Å². The molecule has 0 radical (unpaired) electrons. The molecule has 6 heteroatoms. The van der Waals surface area contributed by atoms with Gasteiger partial charge in [-0.05, 0) is 46.7 Å². The van der Waals surface area contributed by atoms with Crippen molar-refractivity contribution in [2.75, 3.05) is 20.1 Å². The predicted octanol–water partition coefficient (Wildman–Crippen LogP) is 4.42. The van der Waals surface area contributed by atoms with Crippen LogP contribution in [0.1, 0.15) is 38.4 Å². The molecule has 146 valence electrons. The van der Waals surface area contributed by atoms with Gasteiger partial charge in [-0.3, -0.25) is 0 Å². The molecule has 1 amide bonds. The normalized spacial score (nSPS) is 21.1. The van der Waals surface area contributed by atoms with Crippen LogP contribution in [0.5, 0.6) is 0 Å². The molecule has 2 unspecified atom stereocenters. The third kappa shape index (κ3) is 4.87. The molecule has 0 saturated carbocycles. The highest BCUT2D eigenvalue weighted by atomic mass is 32.1. The average molecular weight is 388 g/mol. The quantitative estimate of drug-likeness (QED) is 0.844. The van der Waals surface area contributed by atoms with Gasteiger partial charge in [0.25, 0.3) is 0 Å². The fourth-order valence-electron chi connectivity index (χ4n) is 3.22. The zero-order chi connectivity index (χ0) is 19.6. The monoisotopic (exact) mass is 387 g/mol. The first-order valence-electron chi connectivity index (χ1n) is 9.45. The van der Waals surface area contributed by atoms with E-state index in [-0.39, 0.29) is 12.2 Å². The summed E-state index contributed by atoms with van der Waals surface area (Å²) < 4.78 is 5.72. The Balaban J connectivity index is 1.65.